The average Bonchev–Trinajstić information content (AvgIpc) is 3.70. The Balaban J connectivity index is 0.000000913. The zero-order valence-electron chi connectivity index (χ0n) is 36.7. The summed E-state index contributed by atoms with van der Waals surface area (Å²) in [5.74, 6) is -2.96. The van der Waals surface area contributed by atoms with Gasteiger partial charge in [-0.25, -0.2) is 14.4 Å². The molecule has 16 nitrogen and oxygen atoms in total. The van der Waals surface area contributed by atoms with Gasteiger partial charge in [-0.3, -0.25) is 19.2 Å². The lowest BCUT2D eigenvalue weighted by molar-refractivity contribution is -0.149. The second kappa shape index (κ2) is 22.2. The van der Waals surface area contributed by atoms with E-state index >= 15 is 0 Å². The van der Waals surface area contributed by atoms with Gasteiger partial charge in [-0.15, -0.1) is 0 Å². The molecule has 2 aliphatic heterocycles. The molecule has 0 unspecified atom stereocenters. The molecule has 0 aromatic carbocycles. The Labute approximate surface area is 335 Å². The van der Waals surface area contributed by atoms with Crippen molar-refractivity contribution >= 4 is 50.2 Å². The van der Waals surface area contributed by atoms with E-state index in [0.717, 1.165) is 6.42 Å². The largest absolute Gasteiger partial charge is 0.518 e. The summed E-state index contributed by atoms with van der Waals surface area (Å²) in [7, 11) is -2.03. The molecule has 2 saturated heterocycles. The van der Waals surface area contributed by atoms with Crippen LogP contribution in [0.4, 0.5) is 9.59 Å². The monoisotopic (exact) mass is 816 g/mol. The highest BCUT2D eigenvalue weighted by Crippen LogP contribution is 2.24. The third-order valence-electron chi connectivity index (χ3n) is 8.64. The van der Waals surface area contributed by atoms with Crippen LogP contribution in [0.3, 0.4) is 0 Å². The quantitative estimate of drug-likeness (QED) is 0.180. The maximum absolute atomic E-state index is 13.0. The molecule has 0 radical (unpaired) electrons. The van der Waals surface area contributed by atoms with Crippen LogP contribution in [-0.4, -0.2) is 119 Å². The van der Waals surface area contributed by atoms with Gasteiger partial charge >= 0.3 is 30.1 Å². The fraction of sp³-hybridized carbons (Fsp3) is 0.821. The van der Waals surface area contributed by atoms with Crippen LogP contribution in [0.1, 0.15) is 116 Å². The molecule has 0 spiro atoms. The number of carbonyl (C=O) groups is 7. The molecule has 0 saturated carbocycles. The van der Waals surface area contributed by atoms with Crippen molar-refractivity contribution in [2.45, 2.75) is 171 Å². The normalized spacial score (nSPS) is 18.8. The Morgan fingerprint density at radius 1 is 0.625 bits per heavy atom. The number of alkyl carbamates (subject to hydrolysis) is 2. The summed E-state index contributed by atoms with van der Waals surface area (Å²) in [5.41, 5.74) is -1.31. The molecule has 2 fully saturated rings. The molecule has 2 aliphatic rings. The van der Waals surface area contributed by atoms with E-state index in [1.54, 1.807) is 67.2 Å². The summed E-state index contributed by atoms with van der Waals surface area (Å²) in [6.07, 6.45) is 1.12. The smallest absolute Gasteiger partial charge is 0.408 e. The highest BCUT2D eigenvalue weighted by Gasteiger charge is 2.41. The molecule has 17 heteroatoms. The Bertz CT molecular complexity index is 1350. The number of carbonyl (C=O) groups excluding carboxylic acids is 5. The SMILES string of the molecule is CC(C)[C@H](C)C(=O)O.CC(C)[C@H](NC(=O)OC(C)(C)C)C(=O)N1CCC[C@H]1C(=O)O.CC(C)[C@H](NC(=O)OC(C)(C)C)C(=O)N1CCC[C@H]1C(=O)O[Si](C)(C)C. The first kappa shape index (κ1) is 52.1. The van der Waals surface area contributed by atoms with E-state index in [4.69, 9.17) is 19.0 Å². The van der Waals surface area contributed by atoms with E-state index in [-0.39, 0.29) is 41.5 Å². The van der Waals surface area contributed by atoms with E-state index in [1.807, 2.05) is 47.3 Å². The molecular weight excluding hydrogens is 745 g/mol. The Kier molecular flexibility index (Phi) is 20.6. The molecule has 4 N–H and O–H groups in total. The molecule has 2 heterocycles. The number of nitrogens with one attached hydrogen (secondary N) is 2. The summed E-state index contributed by atoms with van der Waals surface area (Å²) in [4.78, 5) is 86.3. The predicted molar refractivity (Wildman–Crippen MR) is 214 cm³/mol. The van der Waals surface area contributed by atoms with E-state index < -0.39 is 67.8 Å². The number of nitrogens with zero attached hydrogens (tertiary/aromatic N) is 2. The van der Waals surface area contributed by atoms with E-state index in [2.05, 4.69) is 10.6 Å². The van der Waals surface area contributed by atoms with Gasteiger partial charge in [0.2, 0.25) is 20.1 Å². The fourth-order valence-corrected chi connectivity index (χ4v) is 6.21. The minimum atomic E-state index is -2.03. The molecule has 0 aromatic heterocycles. The van der Waals surface area contributed by atoms with Gasteiger partial charge in [0.15, 0.2) is 0 Å². The van der Waals surface area contributed by atoms with Gasteiger partial charge in [0.1, 0.15) is 35.4 Å². The van der Waals surface area contributed by atoms with Gasteiger partial charge in [-0.2, -0.15) is 0 Å². The lowest BCUT2D eigenvalue weighted by Crippen LogP contribution is -2.55. The molecule has 0 aliphatic carbocycles. The Morgan fingerprint density at radius 2 is 0.982 bits per heavy atom. The van der Waals surface area contributed by atoms with Gasteiger partial charge < -0.3 is 44.5 Å². The highest BCUT2D eigenvalue weighted by molar-refractivity contribution is 6.71. The standard InChI is InChI=1S/C18H34N2O5Si.C15H26N2O5.C6H12O2/c1-12(2)14(19-17(23)24-18(3,4)5)15(21)20-11-9-10-13(20)16(22)25-26(6,7)8;1-9(2)11(16-14(21)22-15(3,4)5)12(18)17-8-6-7-10(17)13(19)20;1-4(2)5(3)6(7)8/h12-14H,9-11H2,1-8H3,(H,19,23);9-11H,6-8H2,1-5H3,(H,16,21)(H,19,20);4-5H,1-3H3,(H,7,8)/t13-,14-;10-,11-;5-/m000/s1. The first-order valence-corrected chi connectivity index (χ1v) is 23.0. The van der Waals surface area contributed by atoms with Crippen LogP contribution in [0.15, 0.2) is 0 Å². The van der Waals surface area contributed by atoms with Crippen LogP contribution in [0.2, 0.25) is 19.6 Å². The number of carboxylic acids is 2. The lowest BCUT2D eigenvalue weighted by atomic mass is 9.99. The molecule has 5 atom stereocenters. The van der Waals surface area contributed by atoms with Crippen molar-refractivity contribution in [3.8, 4) is 0 Å². The first-order chi connectivity index (χ1) is 25.3. The van der Waals surface area contributed by atoms with Gasteiger partial charge in [-0.1, -0.05) is 48.5 Å². The van der Waals surface area contributed by atoms with Crippen LogP contribution < -0.4 is 10.6 Å². The molecule has 56 heavy (non-hydrogen) atoms. The number of amides is 4. The number of likely N-dealkylation sites (tertiary alicyclic amines) is 2. The van der Waals surface area contributed by atoms with Crippen molar-refractivity contribution in [2.24, 2.45) is 23.7 Å². The summed E-state index contributed by atoms with van der Waals surface area (Å²) >= 11 is 0. The van der Waals surface area contributed by atoms with Gasteiger partial charge in [0.05, 0.1) is 5.92 Å². The van der Waals surface area contributed by atoms with E-state index in [0.29, 0.717) is 32.4 Å². The maximum Gasteiger partial charge on any atom is 0.408 e. The maximum atomic E-state index is 13.0. The van der Waals surface area contributed by atoms with Crippen molar-refractivity contribution in [1.29, 1.82) is 0 Å². The molecular formula is C39H72N4O12Si. The summed E-state index contributed by atoms with van der Waals surface area (Å²) in [6.45, 7) is 30.0. The molecule has 0 bridgehead atoms. The number of carboxylic acid groups (broad SMARTS) is 2. The van der Waals surface area contributed by atoms with E-state index in [9.17, 15) is 38.7 Å². The first-order valence-electron chi connectivity index (χ1n) is 19.6. The third kappa shape index (κ3) is 19.3. The molecule has 0 aromatic rings. The van der Waals surface area contributed by atoms with Crippen molar-refractivity contribution in [3.63, 3.8) is 0 Å². The average molecular weight is 817 g/mol. The second-order valence-corrected chi connectivity index (χ2v) is 22.8. The van der Waals surface area contributed by atoms with Crippen molar-refractivity contribution < 1.29 is 57.7 Å². The number of hydrogen-bond acceptors (Lipinski definition) is 10. The van der Waals surface area contributed by atoms with Crippen molar-refractivity contribution in [1.82, 2.24) is 20.4 Å². The molecule has 324 valence electrons. The number of rotatable bonds is 11. The van der Waals surface area contributed by atoms with Crippen molar-refractivity contribution in [2.75, 3.05) is 13.1 Å². The molecule has 2 rings (SSSR count). The van der Waals surface area contributed by atoms with Gasteiger partial charge in [-0.05, 0) is 105 Å². The number of hydrogen-bond donors (Lipinski definition) is 4. The minimum Gasteiger partial charge on any atom is -0.518 e. The summed E-state index contributed by atoms with van der Waals surface area (Å²) in [6, 6.07) is -2.93. The lowest BCUT2D eigenvalue weighted by Gasteiger charge is -2.32. The third-order valence-corrected chi connectivity index (χ3v) is 9.45. The van der Waals surface area contributed by atoms with Crippen LogP contribution in [0.5, 0.6) is 0 Å². The highest BCUT2D eigenvalue weighted by atomic mass is 28.4. The second-order valence-electron chi connectivity index (χ2n) is 18.4. The van der Waals surface area contributed by atoms with Gasteiger partial charge in [0, 0.05) is 13.1 Å². The predicted octanol–water partition coefficient (Wildman–Crippen LogP) is 5.88. The topological polar surface area (TPSA) is 218 Å². The van der Waals surface area contributed by atoms with Crippen LogP contribution in [0.25, 0.3) is 0 Å². The summed E-state index contributed by atoms with van der Waals surface area (Å²) < 4.78 is 16.0. The zero-order valence-corrected chi connectivity index (χ0v) is 37.7. The molecule has 4 amide bonds. The van der Waals surface area contributed by atoms with E-state index in [1.165, 1.54) is 4.90 Å². The van der Waals surface area contributed by atoms with Crippen LogP contribution >= 0.6 is 0 Å². The Morgan fingerprint density at radius 3 is 1.25 bits per heavy atom. The summed E-state index contributed by atoms with van der Waals surface area (Å²) in [5, 5.41) is 22.8. The Hall–Kier alpha value is -3.89. The number of ether oxygens (including phenoxy) is 2. The fourth-order valence-electron chi connectivity index (χ4n) is 5.47. The van der Waals surface area contributed by atoms with Crippen LogP contribution in [0, 0.1) is 23.7 Å². The minimum absolute atomic E-state index is 0.135. The van der Waals surface area contributed by atoms with Crippen LogP contribution in [-0.2, 0) is 37.9 Å². The number of aliphatic carboxylic acids is 2. The van der Waals surface area contributed by atoms with Crippen molar-refractivity contribution in [3.05, 3.63) is 0 Å². The van der Waals surface area contributed by atoms with Gasteiger partial charge in [0.25, 0.3) is 0 Å². The zero-order chi connectivity index (χ0) is 44.1.